The third-order valence-electron chi connectivity index (χ3n) is 5.30. The van der Waals surface area contributed by atoms with Crippen molar-refractivity contribution in [3.8, 4) is 0 Å². The summed E-state index contributed by atoms with van der Waals surface area (Å²) < 4.78 is 0. The van der Waals surface area contributed by atoms with E-state index in [0.717, 1.165) is 40.6 Å². The predicted octanol–water partition coefficient (Wildman–Crippen LogP) is 1.95. The summed E-state index contributed by atoms with van der Waals surface area (Å²) in [5.74, 6) is 0. The average Bonchev–Trinajstić information content (AvgIpc) is 3.36. The van der Waals surface area contributed by atoms with Gasteiger partial charge in [0.05, 0.1) is 0 Å². The Morgan fingerprint density at radius 2 is 1.72 bits per heavy atom. The lowest BCUT2D eigenvalue weighted by atomic mass is 10.1. The molecule has 1 unspecified atom stereocenters. The number of nitrogens with one attached hydrogen (secondary N) is 2. The molecule has 3 aromatic rings. The number of fused-ring (bicyclic) bond motifs is 8. The quantitative estimate of drug-likeness (QED) is 0.662. The van der Waals surface area contributed by atoms with Gasteiger partial charge in [-0.25, -0.2) is 0 Å². The molecule has 0 aromatic carbocycles. The molecule has 2 N–H and O–H groups in total. The van der Waals surface area contributed by atoms with Crippen molar-refractivity contribution < 1.29 is 0 Å². The Kier molecular flexibility index (Phi) is 3.23. The average molecular weight is 329 g/mol. The number of nitrogens with zero attached hydrogens (tertiary/aromatic N) is 2. The SMILES string of the molecule is CN1/C2=C\c3ccc([n-]3)/C=c3/cc/c([nH]3)=C/c3ccc([nH]3)CC1CC2. The predicted molar refractivity (Wildman–Crippen MR) is 100 cm³/mol. The highest BCUT2D eigenvalue weighted by Crippen LogP contribution is 2.29. The zero-order valence-electron chi connectivity index (χ0n) is 14.3. The Labute approximate surface area is 146 Å². The van der Waals surface area contributed by atoms with E-state index in [9.17, 15) is 0 Å². The van der Waals surface area contributed by atoms with Crippen LogP contribution in [-0.4, -0.2) is 28.0 Å². The number of likely N-dealkylation sites (N-methyl/N-ethyl adjacent to an activating group) is 1. The molecule has 1 saturated heterocycles. The van der Waals surface area contributed by atoms with Crippen LogP contribution in [0.4, 0.5) is 0 Å². The van der Waals surface area contributed by atoms with Crippen molar-refractivity contribution in [3.05, 3.63) is 75.6 Å². The van der Waals surface area contributed by atoms with Crippen LogP contribution in [0.1, 0.15) is 35.6 Å². The highest BCUT2D eigenvalue weighted by molar-refractivity contribution is 5.55. The third kappa shape index (κ3) is 2.74. The van der Waals surface area contributed by atoms with Crippen LogP contribution in [0, 0.1) is 0 Å². The minimum atomic E-state index is 0.545. The van der Waals surface area contributed by atoms with Gasteiger partial charge < -0.3 is 19.9 Å². The van der Waals surface area contributed by atoms with E-state index in [1.807, 2.05) is 0 Å². The molecule has 1 fully saturated rings. The molecular formula is C21H21N4-. The van der Waals surface area contributed by atoms with Gasteiger partial charge in [0.2, 0.25) is 0 Å². The topological polar surface area (TPSA) is 48.9 Å². The molecule has 4 nitrogen and oxygen atoms in total. The van der Waals surface area contributed by atoms with Gasteiger partial charge in [0.25, 0.3) is 0 Å². The summed E-state index contributed by atoms with van der Waals surface area (Å²) in [6.45, 7) is 0. The molecule has 0 aliphatic carbocycles. The number of hydrogen-bond acceptors (Lipinski definition) is 1. The molecule has 5 rings (SSSR count). The maximum atomic E-state index is 4.74. The van der Waals surface area contributed by atoms with E-state index in [1.54, 1.807) is 0 Å². The zero-order chi connectivity index (χ0) is 16.8. The van der Waals surface area contributed by atoms with E-state index in [-0.39, 0.29) is 0 Å². The number of aromatic nitrogens is 3. The van der Waals surface area contributed by atoms with E-state index < -0.39 is 0 Å². The van der Waals surface area contributed by atoms with E-state index in [4.69, 9.17) is 4.98 Å². The Morgan fingerprint density at radius 1 is 0.920 bits per heavy atom. The van der Waals surface area contributed by atoms with Gasteiger partial charge in [-0.3, -0.25) is 0 Å². The minimum absolute atomic E-state index is 0.545. The Balaban J connectivity index is 1.66. The summed E-state index contributed by atoms with van der Waals surface area (Å²) in [6, 6.07) is 13.3. The van der Waals surface area contributed by atoms with Crippen molar-refractivity contribution in [1.82, 2.24) is 19.9 Å². The molecule has 0 saturated carbocycles. The monoisotopic (exact) mass is 329 g/mol. The van der Waals surface area contributed by atoms with Crippen molar-refractivity contribution in [2.24, 2.45) is 0 Å². The van der Waals surface area contributed by atoms with Crippen LogP contribution in [-0.2, 0) is 6.42 Å². The summed E-state index contributed by atoms with van der Waals surface area (Å²) in [4.78, 5) is 14.2. The first-order chi connectivity index (χ1) is 12.2. The van der Waals surface area contributed by atoms with Crippen LogP contribution in [0.3, 0.4) is 0 Å². The lowest BCUT2D eigenvalue weighted by Crippen LogP contribution is -2.26. The van der Waals surface area contributed by atoms with Gasteiger partial charge in [0.1, 0.15) is 0 Å². The second-order valence-electron chi connectivity index (χ2n) is 7.03. The first kappa shape index (κ1) is 14.5. The summed E-state index contributed by atoms with van der Waals surface area (Å²) in [6.07, 6.45) is 9.83. The summed E-state index contributed by atoms with van der Waals surface area (Å²) in [5.41, 5.74) is 5.85. The molecule has 0 amide bonds. The van der Waals surface area contributed by atoms with E-state index in [1.165, 1.54) is 17.8 Å². The number of allylic oxidation sites excluding steroid dienone is 1. The molecule has 8 bridgehead atoms. The number of hydrogen-bond donors (Lipinski definition) is 2. The zero-order valence-corrected chi connectivity index (χ0v) is 14.3. The van der Waals surface area contributed by atoms with Gasteiger partial charge in [-0.05, 0) is 43.2 Å². The van der Waals surface area contributed by atoms with E-state index in [2.05, 4.69) is 76.5 Å². The fourth-order valence-corrected chi connectivity index (χ4v) is 3.90. The first-order valence-corrected chi connectivity index (χ1v) is 8.86. The largest absolute Gasteiger partial charge is 0.658 e. The molecule has 126 valence electrons. The Hall–Kier alpha value is -2.88. The number of aromatic amines is 2. The maximum Gasteiger partial charge on any atom is 0.0405 e. The van der Waals surface area contributed by atoms with Crippen LogP contribution in [0.5, 0.6) is 0 Å². The second-order valence-corrected chi connectivity index (χ2v) is 7.03. The maximum absolute atomic E-state index is 4.74. The number of rotatable bonds is 0. The molecular weight excluding hydrogens is 308 g/mol. The van der Waals surface area contributed by atoms with Crippen molar-refractivity contribution >= 4 is 18.2 Å². The van der Waals surface area contributed by atoms with E-state index >= 15 is 0 Å². The molecule has 2 aliphatic heterocycles. The normalized spacial score (nSPS) is 24.1. The van der Waals surface area contributed by atoms with Crippen molar-refractivity contribution in [1.29, 1.82) is 0 Å². The smallest absolute Gasteiger partial charge is 0.0405 e. The molecule has 2 aliphatic rings. The highest BCUT2D eigenvalue weighted by atomic mass is 15.2. The number of H-pyrrole nitrogens is 2. The fourth-order valence-electron chi connectivity index (χ4n) is 3.90. The van der Waals surface area contributed by atoms with Gasteiger partial charge in [-0.15, -0.1) is 11.4 Å². The van der Waals surface area contributed by atoms with Crippen molar-refractivity contribution in [2.45, 2.75) is 25.3 Å². The molecule has 5 heterocycles. The lowest BCUT2D eigenvalue weighted by Gasteiger charge is -2.23. The summed E-state index contributed by atoms with van der Waals surface area (Å²) in [5, 5.41) is 2.17. The third-order valence-corrected chi connectivity index (χ3v) is 5.30. The van der Waals surface area contributed by atoms with Gasteiger partial charge in [-0.2, -0.15) is 0 Å². The molecule has 25 heavy (non-hydrogen) atoms. The van der Waals surface area contributed by atoms with Gasteiger partial charge in [-0.1, -0.05) is 24.3 Å². The molecule has 3 aromatic heterocycles. The summed E-state index contributed by atoms with van der Waals surface area (Å²) >= 11 is 0. The Bertz CT molecular complexity index is 1060. The van der Waals surface area contributed by atoms with Crippen molar-refractivity contribution in [2.75, 3.05) is 7.05 Å². The van der Waals surface area contributed by atoms with Crippen LogP contribution in [0.15, 0.2) is 42.1 Å². The lowest BCUT2D eigenvalue weighted by molar-refractivity contribution is 0.350. The summed E-state index contributed by atoms with van der Waals surface area (Å²) in [7, 11) is 2.21. The van der Waals surface area contributed by atoms with Crippen LogP contribution in [0.2, 0.25) is 0 Å². The van der Waals surface area contributed by atoms with E-state index in [0.29, 0.717) is 6.04 Å². The molecule has 4 heteroatoms. The minimum Gasteiger partial charge on any atom is -0.658 e. The van der Waals surface area contributed by atoms with Crippen molar-refractivity contribution in [3.63, 3.8) is 0 Å². The molecule has 0 spiro atoms. The molecule has 1 atom stereocenters. The highest BCUT2D eigenvalue weighted by Gasteiger charge is 2.24. The standard InChI is InChI=1S/C21H21N4/c1-25-20-8-9-21(25)13-19-7-5-17(24-19)11-15-3-2-14(22-15)10-16-4-6-18(12-20)23-16/h2-7,10-12,21-22,24H,8-9,13H2,1H3/q-1/b14-10-,15-11-,20-12-. The Morgan fingerprint density at radius 3 is 2.60 bits per heavy atom. The first-order valence-electron chi connectivity index (χ1n) is 8.86. The van der Waals surface area contributed by atoms with Gasteiger partial charge in [0.15, 0.2) is 0 Å². The fraction of sp³-hybridized carbons (Fsp3) is 0.238. The second kappa shape index (κ2) is 5.59. The van der Waals surface area contributed by atoms with Gasteiger partial charge in [0, 0.05) is 47.3 Å². The van der Waals surface area contributed by atoms with Crippen LogP contribution < -0.4 is 15.7 Å². The molecule has 0 radical (unpaired) electrons. The van der Waals surface area contributed by atoms with Gasteiger partial charge >= 0.3 is 0 Å². The van der Waals surface area contributed by atoms with Crippen LogP contribution in [0.25, 0.3) is 18.2 Å². The van der Waals surface area contributed by atoms with Crippen LogP contribution >= 0.6 is 0 Å².